The van der Waals surface area contributed by atoms with Crippen LogP contribution in [0.2, 0.25) is 0 Å². The minimum atomic E-state index is -2.06. The van der Waals surface area contributed by atoms with Gasteiger partial charge < -0.3 is 20.1 Å². The van der Waals surface area contributed by atoms with E-state index in [9.17, 15) is 24.9 Å². The molecule has 0 aromatic rings. The highest BCUT2D eigenvalue weighted by molar-refractivity contribution is 5.95. The number of aliphatic hydroxyl groups is 3. The van der Waals surface area contributed by atoms with Crippen LogP contribution in [-0.4, -0.2) is 51.5 Å². The van der Waals surface area contributed by atoms with Gasteiger partial charge in [0.15, 0.2) is 17.5 Å². The van der Waals surface area contributed by atoms with Crippen LogP contribution < -0.4 is 0 Å². The van der Waals surface area contributed by atoms with E-state index < -0.39 is 41.2 Å². The largest absolute Gasteiger partial charge is 0.454 e. The van der Waals surface area contributed by atoms with Crippen LogP contribution in [0.4, 0.5) is 0 Å². The van der Waals surface area contributed by atoms with Crippen LogP contribution in [0.5, 0.6) is 0 Å². The molecule has 0 heterocycles. The summed E-state index contributed by atoms with van der Waals surface area (Å²) in [5, 5.41) is 34.3. The third kappa shape index (κ3) is 2.85. The number of ketones is 1. The highest BCUT2D eigenvalue weighted by atomic mass is 16.6. The van der Waals surface area contributed by atoms with Crippen molar-refractivity contribution in [1.29, 1.82) is 0 Å². The Balaban J connectivity index is 1.61. The summed E-state index contributed by atoms with van der Waals surface area (Å²) < 4.78 is 6.08. The second-order valence-electron chi connectivity index (χ2n) is 12.8. The highest BCUT2D eigenvalue weighted by Gasteiger charge is 2.76. The Morgan fingerprint density at radius 1 is 1.18 bits per heavy atom. The number of aliphatic hydroxyl groups excluding tert-OH is 2. The van der Waals surface area contributed by atoms with Gasteiger partial charge in [0.1, 0.15) is 6.10 Å². The molecule has 0 aromatic carbocycles. The fourth-order valence-electron chi connectivity index (χ4n) is 8.38. The molecular formula is C28H40O6. The van der Waals surface area contributed by atoms with Crippen molar-refractivity contribution in [2.45, 2.75) is 91.0 Å². The van der Waals surface area contributed by atoms with Crippen LogP contribution in [0.15, 0.2) is 23.3 Å². The SMILES string of the molecule is CC1=C[C@]23C(=O)[C@@H](C=C(CO)[C@@H](O)[C@]2(O)[C@H]1OC(=O)C1(C)CCCCC1)C1[C@@H](C[C@H]3C)C1(C)C. The summed E-state index contributed by atoms with van der Waals surface area (Å²) in [5.74, 6) is -0.822. The normalized spacial score (nSPS) is 46.3. The number of allylic oxidation sites excluding steroid dienone is 1. The molecule has 0 aliphatic heterocycles. The number of ether oxygens (including phenoxy) is 1. The highest BCUT2D eigenvalue weighted by Crippen LogP contribution is 2.71. The number of rotatable bonds is 3. The second kappa shape index (κ2) is 7.50. The predicted octanol–water partition coefficient (Wildman–Crippen LogP) is 3.34. The smallest absolute Gasteiger partial charge is 0.312 e. The monoisotopic (exact) mass is 472 g/mol. The molecule has 6 heteroatoms. The van der Waals surface area contributed by atoms with Crippen LogP contribution >= 0.6 is 0 Å². The Kier molecular flexibility index (Phi) is 5.34. The van der Waals surface area contributed by atoms with Crippen molar-refractivity contribution in [3.63, 3.8) is 0 Å². The van der Waals surface area contributed by atoms with Gasteiger partial charge >= 0.3 is 5.97 Å². The van der Waals surface area contributed by atoms with Crippen molar-refractivity contribution in [3.05, 3.63) is 23.3 Å². The van der Waals surface area contributed by atoms with Gasteiger partial charge in [-0.25, -0.2) is 0 Å². The van der Waals surface area contributed by atoms with E-state index in [0.717, 1.165) is 38.5 Å². The lowest BCUT2D eigenvalue weighted by Crippen LogP contribution is -2.66. The van der Waals surface area contributed by atoms with Crippen LogP contribution in [0, 0.1) is 39.9 Å². The summed E-state index contributed by atoms with van der Waals surface area (Å²) in [4.78, 5) is 27.8. The number of carbonyl (C=O) groups excluding carboxylic acids is 2. The maximum atomic E-state index is 14.4. The molecule has 3 N–H and O–H groups in total. The van der Waals surface area contributed by atoms with Gasteiger partial charge in [0.05, 0.1) is 17.4 Å². The van der Waals surface area contributed by atoms with Crippen molar-refractivity contribution in [2.75, 3.05) is 6.61 Å². The lowest BCUT2D eigenvalue weighted by molar-refractivity contribution is -0.208. The van der Waals surface area contributed by atoms with Crippen molar-refractivity contribution in [1.82, 2.24) is 0 Å². The number of Topliss-reactive ketones (excluding diaryl/α,β-unsaturated/α-hetero) is 1. The van der Waals surface area contributed by atoms with E-state index in [1.165, 1.54) is 0 Å². The molecule has 5 aliphatic carbocycles. The summed E-state index contributed by atoms with van der Waals surface area (Å²) in [6, 6.07) is 0. The topological polar surface area (TPSA) is 104 Å². The Morgan fingerprint density at radius 3 is 2.44 bits per heavy atom. The molecule has 2 bridgehead atoms. The van der Waals surface area contributed by atoms with E-state index in [2.05, 4.69) is 13.8 Å². The van der Waals surface area contributed by atoms with E-state index in [1.54, 1.807) is 19.1 Å². The van der Waals surface area contributed by atoms with Crippen molar-refractivity contribution < 1.29 is 29.6 Å². The zero-order chi connectivity index (χ0) is 24.8. The van der Waals surface area contributed by atoms with Crippen LogP contribution in [-0.2, 0) is 14.3 Å². The Bertz CT molecular complexity index is 971. The molecule has 5 rings (SSSR count). The summed E-state index contributed by atoms with van der Waals surface area (Å²) in [6.07, 6.45) is 6.05. The first-order valence-corrected chi connectivity index (χ1v) is 13.0. The third-order valence-electron chi connectivity index (χ3n) is 10.6. The average molecular weight is 473 g/mol. The lowest BCUT2D eigenvalue weighted by atomic mass is 9.59. The first-order chi connectivity index (χ1) is 15.9. The number of carbonyl (C=O) groups is 2. The maximum Gasteiger partial charge on any atom is 0.312 e. The molecule has 0 radical (unpaired) electrons. The lowest BCUT2D eigenvalue weighted by Gasteiger charge is -2.49. The number of hydrogen-bond acceptors (Lipinski definition) is 6. The minimum absolute atomic E-state index is 0.0144. The van der Waals surface area contributed by atoms with Gasteiger partial charge in [-0.3, -0.25) is 9.59 Å². The van der Waals surface area contributed by atoms with Gasteiger partial charge in [0.2, 0.25) is 0 Å². The molecule has 3 fully saturated rings. The fraction of sp³-hybridized carbons (Fsp3) is 0.786. The molecular weight excluding hydrogens is 432 g/mol. The Morgan fingerprint density at radius 2 is 1.82 bits per heavy atom. The molecule has 34 heavy (non-hydrogen) atoms. The molecule has 188 valence electrons. The summed E-state index contributed by atoms with van der Waals surface area (Å²) in [7, 11) is 0. The number of fused-ring (bicyclic) bond motifs is 3. The fourth-order valence-corrected chi connectivity index (χ4v) is 8.38. The van der Waals surface area contributed by atoms with Crippen LogP contribution in [0.1, 0.15) is 73.1 Å². The molecule has 1 spiro atoms. The first kappa shape index (κ1) is 24.2. The zero-order valence-corrected chi connectivity index (χ0v) is 21.1. The van der Waals surface area contributed by atoms with Gasteiger partial charge in [-0.05, 0) is 67.4 Å². The summed E-state index contributed by atoms with van der Waals surface area (Å²) in [6.45, 7) is 9.55. The molecule has 8 atom stereocenters. The van der Waals surface area contributed by atoms with Crippen molar-refractivity contribution in [2.24, 2.45) is 39.9 Å². The van der Waals surface area contributed by atoms with E-state index in [4.69, 9.17) is 4.74 Å². The van der Waals surface area contributed by atoms with Gasteiger partial charge in [0, 0.05) is 5.92 Å². The second-order valence-corrected chi connectivity index (χ2v) is 12.8. The number of esters is 1. The van der Waals surface area contributed by atoms with Crippen molar-refractivity contribution >= 4 is 11.8 Å². The Labute approximate surface area is 202 Å². The van der Waals surface area contributed by atoms with Gasteiger partial charge in [-0.1, -0.05) is 52.2 Å². The van der Waals surface area contributed by atoms with Crippen LogP contribution in [0.3, 0.4) is 0 Å². The molecule has 0 saturated heterocycles. The standard InChI is InChI=1S/C28H40O6/c1-15-13-27-16(2)11-19-20(25(19,3)4)18(22(27)31)12-17(14-29)21(30)28(27,33)23(15)34-24(32)26(5)9-7-6-8-10-26/h12-13,16,18-21,23,29-30,33H,6-11,14H2,1-5H3/t16-,18+,19-,20?,21-,23+,27+,28+/m1/s1. The molecule has 0 aromatic heterocycles. The van der Waals surface area contributed by atoms with E-state index >= 15 is 0 Å². The molecule has 3 saturated carbocycles. The zero-order valence-electron chi connectivity index (χ0n) is 21.1. The van der Waals surface area contributed by atoms with E-state index in [-0.39, 0.29) is 34.6 Å². The number of hydrogen-bond donors (Lipinski definition) is 3. The van der Waals surface area contributed by atoms with E-state index in [1.807, 2.05) is 13.8 Å². The third-order valence-corrected chi connectivity index (χ3v) is 10.6. The summed E-state index contributed by atoms with van der Waals surface area (Å²) in [5.41, 5.74) is -3.24. The van der Waals surface area contributed by atoms with Crippen LogP contribution in [0.25, 0.3) is 0 Å². The predicted molar refractivity (Wildman–Crippen MR) is 126 cm³/mol. The molecule has 1 unspecified atom stereocenters. The maximum absolute atomic E-state index is 14.4. The van der Waals surface area contributed by atoms with Gasteiger partial charge in [0.25, 0.3) is 0 Å². The van der Waals surface area contributed by atoms with Gasteiger partial charge in [-0.2, -0.15) is 0 Å². The van der Waals surface area contributed by atoms with E-state index in [0.29, 0.717) is 11.5 Å². The molecule has 6 nitrogen and oxygen atoms in total. The first-order valence-electron chi connectivity index (χ1n) is 13.0. The quantitative estimate of drug-likeness (QED) is 0.430. The average Bonchev–Trinajstić information content (AvgIpc) is 3.28. The minimum Gasteiger partial charge on any atom is -0.454 e. The van der Waals surface area contributed by atoms with Gasteiger partial charge in [-0.15, -0.1) is 0 Å². The molecule has 5 aliphatic rings. The molecule has 0 amide bonds. The van der Waals surface area contributed by atoms with Crippen molar-refractivity contribution in [3.8, 4) is 0 Å². The Hall–Kier alpha value is -1.50. The summed E-state index contributed by atoms with van der Waals surface area (Å²) >= 11 is 0.